The van der Waals surface area contributed by atoms with Crippen molar-refractivity contribution in [3.8, 4) is 33.8 Å². The maximum Gasteiger partial charge on any atom is 0.143 e. The van der Waals surface area contributed by atoms with E-state index in [0.717, 1.165) is 40.5 Å². The first-order valence-electron chi connectivity index (χ1n) is 15.9. The third-order valence-electron chi connectivity index (χ3n) is 9.17. The number of hydrogen-bond acceptors (Lipinski definition) is 1. The van der Waals surface area contributed by atoms with E-state index in [1.807, 2.05) is 0 Å². The Balaban J connectivity index is 1.33. The van der Waals surface area contributed by atoms with E-state index in [9.17, 15) is 0 Å². The van der Waals surface area contributed by atoms with Crippen LogP contribution in [0.25, 0.3) is 65.3 Å². The summed E-state index contributed by atoms with van der Waals surface area (Å²) in [6.07, 6.45) is 2.25. The Bertz CT molecular complexity index is 2310. The number of hydrogen-bond donors (Lipinski definition) is 0. The first kappa shape index (κ1) is 27.2. The maximum absolute atomic E-state index is 7.05. The molecular weight excluding hydrogens is 544 g/mol. The van der Waals surface area contributed by atoms with E-state index in [4.69, 9.17) is 4.74 Å². The molecule has 0 heterocycles. The van der Waals surface area contributed by atoms with Crippen LogP contribution in [-0.4, -0.2) is 0 Å². The lowest BCUT2D eigenvalue weighted by atomic mass is 9.90. The highest BCUT2D eigenvalue weighted by Gasteiger charge is 2.18. The molecule has 45 heavy (non-hydrogen) atoms. The van der Waals surface area contributed by atoms with Crippen LogP contribution >= 0.6 is 0 Å². The molecule has 0 N–H and O–H groups in total. The zero-order valence-corrected chi connectivity index (χ0v) is 25.7. The van der Waals surface area contributed by atoms with Crippen LogP contribution in [0.15, 0.2) is 146 Å². The van der Waals surface area contributed by atoms with Crippen LogP contribution in [-0.2, 0) is 6.42 Å². The van der Waals surface area contributed by atoms with Gasteiger partial charge in [-0.3, -0.25) is 0 Å². The fourth-order valence-corrected chi connectivity index (χ4v) is 7.04. The fraction of sp³-hybridized carbons (Fsp3) is 0.0909. The van der Waals surface area contributed by atoms with Crippen LogP contribution in [0, 0.1) is 6.92 Å². The second kappa shape index (κ2) is 11.3. The molecule has 8 rings (SSSR count). The quantitative estimate of drug-likeness (QED) is 0.178. The van der Waals surface area contributed by atoms with Crippen molar-refractivity contribution in [1.82, 2.24) is 0 Å². The molecule has 0 fully saturated rings. The lowest BCUT2D eigenvalue weighted by molar-refractivity contribution is 0.500. The van der Waals surface area contributed by atoms with Crippen molar-refractivity contribution < 1.29 is 4.74 Å². The molecule has 0 aliphatic rings. The standard InChI is InChI=1S/C44H34O/c1-3-13-30-23-25-35-33(24-22-29(2)41(35)28-30)34-26-27-42(36-17-8-7-16-32(34)36)45-44-39-20-11-9-18-37(39)43(31-14-5-4-6-15-31)38-19-10-12-21-40(38)44/h4-12,14-28H,3,13H2,1-2H3. The number of benzene rings is 8. The minimum atomic E-state index is 0.860. The van der Waals surface area contributed by atoms with Gasteiger partial charge in [0, 0.05) is 16.2 Å². The van der Waals surface area contributed by atoms with Gasteiger partial charge in [-0.25, -0.2) is 0 Å². The summed E-state index contributed by atoms with van der Waals surface area (Å²) < 4.78 is 7.05. The Morgan fingerprint density at radius 2 is 1.02 bits per heavy atom. The molecule has 0 saturated heterocycles. The predicted octanol–water partition coefficient (Wildman–Crippen LogP) is 12.7. The van der Waals surface area contributed by atoms with Crippen LogP contribution in [0.3, 0.4) is 0 Å². The van der Waals surface area contributed by atoms with E-state index in [2.05, 4.69) is 159 Å². The molecular formula is C44H34O. The lowest BCUT2D eigenvalue weighted by Gasteiger charge is -2.19. The Morgan fingerprint density at radius 1 is 0.467 bits per heavy atom. The van der Waals surface area contributed by atoms with Gasteiger partial charge in [0.05, 0.1) is 0 Å². The molecule has 0 atom stereocenters. The molecule has 0 aromatic heterocycles. The summed E-state index contributed by atoms with van der Waals surface area (Å²) in [5, 5.41) is 9.51. The van der Waals surface area contributed by atoms with Gasteiger partial charge in [0.1, 0.15) is 11.5 Å². The maximum atomic E-state index is 7.05. The SMILES string of the molecule is CCCc1ccc2c(-c3ccc(Oc4c5ccccc5c(-c5ccccc5)c5ccccc45)c4ccccc34)ccc(C)c2c1. The second-order valence-corrected chi connectivity index (χ2v) is 12.0. The first-order chi connectivity index (χ1) is 22.2. The minimum absolute atomic E-state index is 0.860. The van der Waals surface area contributed by atoms with E-state index in [1.165, 1.54) is 60.3 Å². The molecule has 0 aliphatic heterocycles. The molecule has 216 valence electrons. The van der Waals surface area contributed by atoms with Crippen molar-refractivity contribution >= 4 is 43.1 Å². The van der Waals surface area contributed by atoms with Gasteiger partial charge in [-0.1, -0.05) is 153 Å². The third-order valence-corrected chi connectivity index (χ3v) is 9.17. The van der Waals surface area contributed by atoms with Crippen LogP contribution < -0.4 is 4.74 Å². The predicted molar refractivity (Wildman–Crippen MR) is 193 cm³/mol. The zero-order chi connectivity index (χ0) is 30.3. The summed E-state index contributed by atoms with van der Waals surface area (Å²) in [7, 11) is 0. The van der Waals surface area contributed by atoms with Crippen LogP contribution in [0.5, 0.6) is 11.5 Å². The van der Waals surface area contributed by atoms with E-state index >= 15 is 0 Å². The van der Waals surface area contributed by atoms with E-state index in [1.54, 1.807) is 0 Å². The van der Waals surface area contributed by atoms with Crippen LogP contribution in [0.2, 0.25) is 0 Å². The smallest absolute Gasteiger partial charge is 0.143 e. The molecule has 1 heteroatoms. The highest BCUT2D eigenvalue weighted by molar-refractivity contribution is 6.17. The number of ether oxygens (including phenoxy) is 1. The van der Waals surface area contributed by atoms with Gasteiger partial charge in [0.25, 0.3) is 0 Å². The molecule has 1 nitrogen and oxygen atoms in total. The molecule has 8 aromatic carbocycles. The topological polar surface area (TPSA) is 9.23 Å². The van der Waals surface area contributed by atoms with Gasteiger partial charge in [0.15, 0.2) is 0 Å². The van der Waals surface area contributed by atoms with Gasteiger partial charge < -0.3 is 4.74 Å². The molecule has 0 bridgehead atoms. The lowest BCUT2D eigenvalue weighted by Crippen LogP contribution is -1.94. The van der Waals surface area contributed by atoms with Crippen molar-refractivity contribution in [2.75, 3.05) is 0 Å². The Hall–Kier alpha value is -5.40. The molecule has 0 aliphatic carbocycles. The van der Waals surface area contributed by atoms with E-state index in [0.29, 0.717) is 0 Å². The van der Waals surface area contributed by atoms with Crippen molar-refractivity contribution in [3.63, 3.8) is 0 Å². The fourth-order valence-electron chi connectivity index (χ4n) is 7.04. The highest BCUT2D eigenvalue weighted by atomic mass is 16.5. The van der Waals surface area contributed by atoms with Crippen LogP contribution in [0.1, 0.15) is 24.5 Å². The average molecular weight is 579 g/mol. The van der Waals surface area contributed by atoms with Crippen molar-refractivity contribution in [3.05, 3.63) is 157 Å². The summed E-state index contributed by atoms with van der Waals surface area (Å²) in [6.45, 7) is 4.46. The van der Waals surface area contributed by atoms with Crippen LogP contribution in [0.4, 0.5) is 0 Å². The highest BCUT2D eigenvalue weighted by Crippen LogP contribution is 2.46. The Morgan fingerprint density at radius 3 is 1.69 bits per heavy atom. The van der Waals surface area contributed by atoms with Gasteiger partial charge in [-0.15, -0.1) is 0 Å². The molecule has 0 amide bonds. The van der Waals surface area contributed by atoms with E-state index in [-0.39, 0.29) is 0 Å². The van der Waals surface area contributed by atoms with E-state index < -0.39 is 0 Å². The van der Waals surface area contributed by atoms with Crippen molar-refractivity contribution in [2.45, 2.75) is 26.7 Å². The normalized spacial score (nSPS) is 11.5. The van der Waals surface area contributed by atoms with Gasteiger partial charge in [-0.2, -0.15) is 0 Å². The van der Waals surface area contributed by atoms with Gasteiger partial charge in [-0.05, 0) is 79.7 Å². The Labute approximate surface area is 264 Å². The summed E-state index contributed by atoms with van der Waals surface area (Å²) in [5.41, 5.74) is 7.64. The minimum Gasteiger partial charge on any atom is -0.455 e. The molecule has 8 aromatic rings. The van der Waals surface area contributed by atoms with Crippen molar-refractivity contribution in [2.24, 2.45) is 0 Å². The largest absolute Gasteiger partial charge is 0.455 e. The first-order valence-corrected chi connectivity index (χ1v) is 15.9. The van der Waals surface area contributed by atoms with Gasteiger partial charge in [0.2, 0.25) is 0 Å². The Kier molecular flexibility index (Phi) is 6.80. The number of aryl methyl sites for hydroxylation is 2. The molecule has 0 saturated carbocycles. The summed E-state index contributed by atoms with van der Waals surface area (Å²) >= 11 is 0. The third kappa shape index (κ3) is 4.64. The number of rotatable bonds is 6. The molecule has 0 radical (unpaired) electrons. The van der Waals surface area contributed by atoms with Crippen molar-refractivity contribution in [1.29, 1.82) is 0 Å². The summed E-state index contributed by atoms with van der Waals surface area (Å²) in [4.78, 5) is 0. The zero-order valence-electron chi connectivity index (χ0n) is 25.7. The molecule has 0 unspecified atom stereocenters. The number of fused-ring (bicyclic) bond motifs is 4. The average Bonchev–Trinajstić information content (AvgIpc) is 3.09. The monoisotopic (exact) mass is 578 g/mol. The second-order valence-electron chi connectivity index (χ2n) is 12.0. The summed E-state index contributed by atoms with van der Waals surface area (Å²) in [6, 6.07) is 52.5. The summed E-state index contributed by atoms with van der Waals surface area (Å²) in [5.74, 6) is 1.75. The van der Waals surface area contributed by atoms with Gasteiger partial charge >= 0.3 is 0 Å². The molecule has 0 spiro atoms.